The number of rotatable bonds is 2. The number of hydrogen-bond acceptors (Lipinski definition) is 2. The molecule has 0 fully saturated rings. The Kier molecular flexibility index (Phi) is 2.85. The van der Waals surface area contributed by atoms with Gasteiger partial charge in [-0.15, -0.1) is 0 Å². The highest BCUT2D eigenvalue weighted by Gasteiger charge is 2.05. The molecule has 0 spiro atoms. The van der Waals surface area contributed by atoms with Gasteiger partial charge in [0.25, 0.3) is 0 Å². The molecule has 0 unspecified atom stereocenters. The van der Waals surface area contributed by atoms with E-state index in [2.05, 4.69) is 6.58 Å². The highest BCUT2D eigenvalue weighted by atomic mass is 16.5. The Morgan fingerprint density at radius 2 is 1.92 bits per heavy atom. The van der Waals surface area contributed by atoms with E-state index in [0.29, 0.717) is 5.75 Å². The van der Waals surface area contributed by atoms with Gasteiger partial charge < -0.3 is 4.74 Å². The van der Waals surface area contributed by atoms with E-state index >= 15 is 0 Å². The standard InChI is InChI=1S/C11H12O2/c1-4-10(12)13-11-8(2)6-5-7-9(11)3/h4-7H,1H2,2-3H3. The molecule has 0 heterocycles. The van der Waals surface area contributed by atoms with Crippen molar-refractivity contribution in [2.24, 2.45) is 0 Å². The second-order valence-corrected chi connectivity index (χ2v) is 2.85. The number of para-hydroxylation sites is 1. The van der Waals surface area contributed by atoms with Gasteiger partial charge in [-0.1, -0.05) is 24.8 Å². The van der Waals surface area contributed by atoms with E-state index in [1.807, 2.05) is 32.0 Å². The van der Waals surface area contributed by atoms with Gasteiger partial charge in [-0.3, -0.25) is 0 Å². The normalized spacial score (nSPS) is 9.38. The molecule has 0 aliphatic heterocycles. The zero-order chi connectivity index (χ0) is 9.84. The van der Waals surface area contributed by atoms with E-state index in [4.69, 9.17) is 4.74 Å². The minimum atomic E-state index is -0.419. The van der Waals surface area contributed by atoms with E-state index in [9.17, 15) is 4.79 Å². The smallest absolute Gasteiger partial charge is 0.335 e. The van der Waals surface area contributed by atoms with Gasteiger partial charge in [0, 0.05) is 6.08 Å². The minimum Gasteiger partial charge on any atom is -0.423 e. The van der Waals surface area contributed by atoms with E-state index < -0.39 is 5.97 Å². The van der Waals surface area contributed by atoms with Crippen LogP contribution in [0.15, 0.2) is 30.9 Å². The summed E-state index contributed by atoms with van der Waals surface area (Å²) in [5.74, 6) is 0.213. The predicted octanol–water partition coefficient (Wildman–Crippen LogP) is 2.39. The molecule has 2 nitrogen and oxygen atoms in total. The summed E-state index contributed by atoms with van der Waals surface area (Å²) < 4.78 is 5.07. The fourth-order valence-electron chi connectivity index (χ4n) is 1.10. The largest absolute Gasteiger partial charge is 0.423 e. The Morgan fingerprint density at radius 1 is 1.38 bits per heavy atom. The van der Waals surface area contributed by atoms with Gasteiger partial charge in [-0.2, -0.15) is 0 Å². The van der Waals surface area contributed by atoms with Crippen molar-refractivity contribution in [1.82, 2.24) is 0 Å². The SMILES string of the molecule is C=CC(=O)Oc1c(C)cccc1C. The maximum Gasteiger partial charge on any atom is 0.335 e. The third-order valence-electron chi connectivity index (χ3n) is 1.78. The summed E-state index contributed by atoms with van der Waals surface area (Å²) in [7, 11) is 0. The van der Waals surface area contributed by atoms with Crippen molar-refractivity contribution in [3.05, 3.63) is 42.0 Å². The first-order chi connectivity index (χ1) is 6.15. The van der Waals surface area contributed by atoms with Crippen molar-refractivity contribution in [1.29, 1.82) is 0 Å². The molecule has 1 aromatic rings. The van der Waals surface area contributed by atoms with Crippen LogP contribution in [-0.2, 0) is 4.79 Å². The van der Waals surface area contributed by atoms with E-state index in [1.54, 1.807) is 0 Å². The highest BCUT2D eigenvalue weighted by molar-refractivity contribution is 5.83. The lowest BCUT2D eigenvalue weighted by atomic mass is 10.1. The first kappa shape index (κ1) is 9.52. The summed E-state index contributed by atoms with van der Waals surface area (Å²) >= 11 is 0. The summed E-state index contributed by atoms with van der Waals surface area (Å²) in [5.41, 5.74) is 1.91. The third-order valence-corrected chi connectivity index (χ3v) is 1.78. The number of esters is 1. The molecule has 0 aromatic heterocycles. The fourth-order valence-corrected chi connectivity index (χ4v) is 1.10. The lowest BCUT2D eigenvalue weighted by Crippen LogP contribution is -2.05. The molecule has 0 amide bonds. The molecule has 0 saturated carbocycles. The molecule has 0 aliphatic rings. The number of carbonyl (C=O) groups is 1. The Balaban J connectivity index is 2.99. The van der Waals surface area contributed by atoms with Gasteiger partial charge in [0.1, 0.15) is 5.75 Å². The zero-order valence-corrected chi connectivity index (χ0v) is 7.83. The van der Waals surface area contributed by atoms with Crippen molar-refractivity contribution >= 4 is 5.97 Å². The van der Waals surface area contributed by atoms with Crippen molar-refractivity contribution in [3.8, 4) is 5.75 Å². The van der Waals surface area contributed by atoms with E-state index in [-0.39, 0.29) is 0 Å². The number of carbonyl (C=O) groups excluding carboxylic acids is 1. The van der Waals surface area contributed by atoms with Crippen molar-refractivity contribution < 1.29 is 9.53 Å². The van der Waals surface area contributed by atoms with Crippen LogP contribution in [0.3, 0.4) is 0 Å². The summed E-state index contributed by atoms with van der Waals surface area (Å²) in [6.07, 6.45) is 1.16. The number of hydrogen-bond donors (Lipinski definition) is 0. The summed E-state index contributed by atoms with van der Waals surface area (Å²) in [6.45, 7) is 7.14. The van der Waals surface area contributed by atoms with E-state index in [0.717, 1.165) is 17.2 Å². The van der Waals surface area contributed by atoms with Crippen molar-refractivity contribution in [2.75, 3.05) is 0 Å². The Morgan fingerprint density at radius 3 is 2.38 bits per heavy atom. The average Bonchev–Trinajstić information content (AvgIpc) is 2.11. The van der Waals surface area contributed by atoms with Gasteiger partial charge in [0.05, 0.1) is 0 Å². The molecule has 1 rings (SSSR count). The van der Waals surface area contributed by atoms with Crippen molar-refractivity contribution in [2.45, 2.75) is 13.8 Å². The second kappa shape index (κ2) is 3.90. The first-order valence-electron chi connectivity index (χ1n) is 4.05. The van der Waals surface area contributed by atoms with Gasteiger partial charge in [-0.05, 0) is 25.0 Å². The van der Waals surface area contributed by atoms with Gasteiger partial charge in [0.2, 0.25) is 0 Å². The lowest BCUT2D eigenvalue weighted by molar-refractivity contribution is -0.129. The summed E-state index contributed by atoms with van der Waals surface area (Å²) in [5, 5.41) is 0. The molecule has 0 aliphatic carbocycles. The minimum absolute atomic E-state index is 0.419. The Labute approximate surface area is 77.8 Å². The van der Waals surface area contributed by atoms with E-state index in [1.165, 1.54) is 0 Å². The zero-order valence-electron chi connectivity index (χ0n) is 7.83. The molecule has 0 radical (unpaired) electrons. The second-order valence-electron chi connectivity index (χ2n) is 2.85. The average molecular weight is 176 g/mol. The Hall–Kier alpha value is -1.57. The summed E-state index contributed by atoms with van der Waals surface area (Å²) in [6, 6.07) is 5.73. The molecule has 1 aromatic carbocycles. The van der Waals surface area contributed by atoms with Crippen LogP contribution in [0.2, 0.25) is 0 Å². The van der Waals surface area contributed by atoms with Crippen LogP contribution >= 0.6 is 0 Å². The van der Waals surface area contributed by atoms with Crippen LogP contribution in [0.5, 0.6) is 5.75 Å². The quantitative estimate of drug-likeness (QED) is 0.393. The molecule has 0 N–H and O–H groups in total. The molecule has 68 valence electrons. The van der Waals surface area contributed by atoms with Crippen molar-refractivity contribution in [3.63, 3.8) is 0 Å². The lowest BCUT2D eigenvalue weighted by Gasteiger charge is -2.07. The van der Waals surface area contributed by atoms with Gasteiger partial charge in [0.15, 0.2) is 0 Å². The van der Waals surface area contributed by atoms with Crippen LogP contribution < -0.4 is 4.74 Å². The van der Waals surface area contributed by atoms with Crippen LogP contribution in [0.1, 0.15) is 11.1 Å². The third kappa shape index (κ3) is 2.18. The number of benzene rings is 1. The molecular formula is C11H12O2. The molecule has 0 atom stereocenters. The molecule has 13 heavy (non-hydrogen) atoms. The van der Waals surface area contributed by atoms with Crippen LogP contribution in [0, 0.1) is 13.8 Å². The molecule has 0 saturated heterocycles. The maximum absolute atomic E-state index is 10.9. The summed E-state index contributed by atoms with van der Waals surface area (Å²) in [4.78, 5) is 10.9. The molecular weight excluding hydrogens is 164 g/mol. The van der Waals surface area contributed by atoms with Crippen LogP contribution in [0.4, 0.5) is 0 Å². The topological polar surface area (TPSA) is 26.3 Å². The number of aryl methyl sites for hydroxylation is 2. The van der Waals surface area contributed by atoms with Gasteiger partial charge in [-0.25, -0.2) is 4.79 Å². The molecule has 0 bridgehead atoms. The number of ether oxygens (including phenoxy) is 1. The maximum atomic E-state index is 10.9. The van der Waals surface area contributed by atoms with Crippen LogP contribution in [0.25, 0.3) is 0 Å². The Bertz CT molecular complexity index is 320. The van der Waals surface area contributed by atoms with Crippen LogP contribution in [-0.4, -0.2) is 5.97 Å². The predicted molar refractivity (Wildman–Crippen MR) is 51.7 cm³/mol. The van der Waals surface area contributed by atoms with Gasteiger partial charge >= 0.3 is 5.97 Å². The first-order valence-corrected chi connectivity index (χ1v) is 4.05. The highest BCUT2D eigenvalue weighted by Crippen LogP contribution is 2.22. The molecule has 2 heteroatoms. The fraction of sp³-hybridized carbons (Fsp3) is 0.182. The monoisotopic (exact) mass is 176 g/mol.